The highest BCUT2D eigenvalue weighted by atomic mass is 32.1. The molecule has 0 saturated carbocycles. The van der Waals surface area contributed by atoms with Crippen LogP contribution < -0.4 is 0 Å². The molecule has 1 unspecified atom stereocenters. The number of aliphatic hydroxyl groups is 1. The van der Waals surface area contributed by atoms with E-state index >= 15 is 0 Å². The molecule has 2 aromatic rings. The third kappa shape index (κ3) is 2.06. The number of thiophene rings is 1. The molecule has 0 bridgehead atoms. The maximum atomic E-state index is 10.3. The average Bonchev–Trinajstić information content (AvgIpc) is 2.61. The molecule has 0 spiro atoms. The van der Waals surface area contributed by atoms with Gasteiger partial charge in [-0.15, -0.1) is 11.3 Å². The van der Waals surface area contributed by atoms with Crippen molar-refractivity contribution >= 4 is 21.4 Å². The van der Waals surface area contributed by atoms with E-state index in [0.29, 0.717) is 0 Å². The van der Waals surface area contributed by atoms with Gasteiger partial charge in [0.2, 0.25) is 0 Å². The van der Waals surface area contributed by atoms with Gasteiger partial charge in [0.25, 0.3) is 0 Å². The number of rotatable bonds is 3. The van der Waals surface area contributed by atoms with Gasteiger partial charge in [-0.05, 0) is 30.9 Å². The molecule has 1 atom stereocenters. The standard InChI is InChI=1S/C13H16OS/c1-3-8-13(2,14)12-9-10-6-4-5-7-11(10)15-12/h4-7,9,14H,3,8H2,1-2H3. The first-order chi connectivity index (χ1) is 7.13. The lowest BCUT2D eigenvalue weighted by molar-refractivity contribution is 0.0508. The average molecular weight is 220 g/mol. The van der Waals surface area contributed by atoms with Crippen LogP contribution in [0.15, 0.2) is 30.3 Å². The molecule has 1 heterocycles. The molecule has 0 fully saturated rings. The fourth-order valence-electron chi connectivity index (χ4n) is 1.86. The molecule has 1 aromatic carbocycles. The summed E-state index contributed by atoms with van der Waals surface area (Å²) in [5.41, 5.74) is -0.668. The van der Waals surface area contributed by atoms with E-state index in [1.807, 2.05) is 19.1 Å². The summed E-state index contributed by atoms with van der Waals surface area (Å²) >= 11 is 1.69. The first-order valence-electron chi connectivity index (χ1n) is 5.35. The van der Waals surface area contributed by atoms with E-state index in [4.69, 9.17) is 0 Å². The minimum atomic E-state index is -0.668. The Morgan fingerprint density at radius 3 is 2.73 bits per heavy atom. The SMILES string of the molecule is CCCC(C)(O)c1cc2ccccc2s1. The Kier molecular flexibility index (Phi) is 2.81. The fourth-order valence-corrected chi connectivity index (χ4v) is 2.99. The molecule has 0 radical (unpaired) electrons. The molecular formula is C13H16OS. The van der Waals surface area contributed by atoms with E-state index in [2.05, 4.69) is 25.1 Å². The van der Waals surface area contributed by atoms with Gasteiger partial charge in [0.1, 0.15) is 0 Å². The fraction of sp³-hybridized carbons (Fsp3) is 0.385. The molecule has 0 saturated heterocycles. The van der Waals surface area contributed by atoms with Crippen molar-refractivity contribution in [1.29, 1.82) is 0 Å². The molecule has 1 aromatic heterocycles. The van der Waals surface area contributed by atoms with Crippen molar-refractivity contribution in [2.45, 2.75) is 32.3 Å². The predicted octanol–water partition coefficient (Wildman–Crippen LogP) is 3.91. The van der Waals surface area contributed by atoms with Crippen molar-refractivity contribution in [2.24, 2.45) is 0 Å². The summed E-state index contributed by atoms with van der Waals surface area (Å²) in [6.07, 6.45) is 1.82. The smallest absolute Gasteiger partial charge is 0.0960 e. The number of hydrogen-bond donors (Lipinski definition) is 1. The van der Waals surface area contributed by atoms with Crippen molar-refractivity contribution in [2.75, 3.05) is 0 Å². The van der Waals surface area contributed by atoms with Crippen LogP contribution in [0.4, 0.5) is 0 Å². The van der Waals surface area contributed by atoms with E-state index in [1.54, 1.807) is 11.3 Å². The summed E-state index contributed by atoms with van der Waals surface area (Å²) in [6.45, 7) is 4.00. The van der Waals surface area contributed by atoms with Crippen LogP contribution in [-0.2, 0) is 5.60 Å². The molecule has 0 aliphatic rings. The highest BCUT2D eigenvalue weighted by molar-refractivity contribution is 7.19. The van der Waals surface area contributed by atoms with E-state index in [-0.39, 0.29) is 0 Å². The van der Waals surface area contributed by atoms with Gasteiger partial charge in [0.05, 0.1) is 5.60 Å². The van der Waals surface area contributed by atoms with Crippen LogP contribution in [0.3, 0.4) is 0 Å². The van der Waals surface area contributed by atoms with E-state index in [9.17, 15) is 5.11 Å². The molecule has 2 heteroatoms. The summed E-state index contributed by atoms with van der Waals surface area (Å²) in [7, 11) is 0. The van der Waals surface area contributed by atoms with Crippen LogP contribution >= 0.6 is 11.3 Å². The summed E-state index contributed by atoms with van der Waals surface area (Å²) in [4.78, 5) is 1.07. The summed E-state index contributed by atoms with van der Waals surface area (Å²) < 4.78 is 1.25. The zero-order valence-corrected chi connectivity index (χ0v) is 9.97. The number of hydrogen-bond acceptors (Lipinski definition) is 2. The Balaban J connectivity index is 2.44. The van der Waals surface area contributed by atoms with Crippen molar-refractivity contribution in [3.05, 3.63) is 35.2 Å². The van der Waals surface area contributed by atoms with Gasteiger partial charge in [-0.1, -0.05) is 31.5 Å². The van der Waals surface area contributed by atoms with Gasteiger partial charge in [-0.25, -0.2) is 0 Å². The van der Waals surface area contributed by atoms with Crippen molar-refractivity contribution in [1.82, 2.24) is 0 Å². The third-order valence-corrected chi connectivity index (χ3v) is 4.06. The van der Waals surface area contributed by atoms with Crippen LogP contribution in [0.5, 0.6) is 0 Å². The largest absolute Gasteiger partial charge is 0.385 e. The molecule has 15 heavy (non-hydrogen) atoms. The molecule has 80 valence electrons. The zero-order chi connectivity index (χ0) is 10.9. The minimum absolute atomic E-state index is 0.668. The second kappa shape index (κ2) is 3.95. The van der Waals surface area contributed by atoms with Gasteiger partial charge < -0.3 is 5.11 Å². The molecule has 0 aliphatic carbocycles. The van der Waals surface area contributed by atoms with E-state index < -0.39 is 5.60 Å². The second-order valence-electron chi connectivity index (χ2n) is 4.17. The minimum Gasteiger partial charge on any atom is -0.385 e. The van der Waals surface area contributed by atoms with Crippen LogP contribution in [0, 0.1) is 0 Å². The molecular weight excluding hydrogens is 204 g/mol. The molecule has 1 nitrogen and oxygen atoms in total. The maximum Gasteiger partial charge on any atom is 0.0960 e. The third-order valence-electron chi connectivity index (χ3n) is 2.69. The molecule has 0 amide bonds. The van der Waals surface area contributed by atoms with E-state index in [1.165, 1.54) is 10.1 Å². The lowest BCUT2D eigenvalue weighted by Crippen LogP contribution is -2.18. The lowest BCUT2D eigenvalue weighted by Gasteiger charge is -2.20. The Morgan fingerprint density at radius 1 is 1.33 bits per heavy atom. The molecule has 2 rings (SSSR count). The van der Waals surface area contributed by atoms with Crippen molar-refractivity contribution in [3.63, 3.8) is 0 Å². The van der Waals surface area contributed by atoms with Crippen molar-refractivity contribution in [3.8, 4) is 0 Å². The number of benzene rings is 1. The normalized spacial score (nSPS) is 15.4. The van der Waals surface area contributed by atoms with Gasteiger partial charge in [-0.2, -0.15) is 0 Å². The zero-order valence-electron chi connectivity index (χ0n) is 9.16. The molecule has 0 aliphatic heterocycles. The van der Waals surface area contributed by atoms with Crippen LogP contribution in [0.25, 0.3) is 10.1 Å². The van der Waals surface area contributed by atoms with Gasteiger partial charge >= 0.3 is 0 Å². The summed E-state index contributed by atoms with van der Waals surface area (Å²) in [6, 6.07) is 10.4. The monoisotopic (exact) mass is 220 g/mol. The van der Waals surface area contributed by atoms with Crippen LogP contribution in [0.2, 0.25) is 0 Å². The Morgan fingerprint density at radius 2 is 2.07 bits per heavy atom. The van der Waals surface area contributed by atoms with Gasteiger partial charge in [-0.3, -0.25) is 0 Å². The Bertz CT molecular complexity index is 423. The first-order valence-corrected chi connectivity index (χ1v) is 6.16. The topological polar surface area (TPSA) is 20.2 Å². The maximum absolute atomic E-state index is 10.3. The summed E-state index contributed by atoms with van der Waals surface area (Å²) in [5, 5.41) is 11.5. The van der Waals surface area contributed by atoms with E-state index in [0.717, 1.165) is 17.7 Å². The first kappa shape index (κ1) is 10.7. The number of fused-ring (bicyclic) bond motifs is 1. The van der Waals surface area contributed by atoms with Gasteiger partial charge in [0, 0.05) is 9.58 Å². The Labute approximate surface area is 94.4 Å². The van der Waals surface area contributed by atoms with Crippen molar-refractivity contribution < 1.29 is 5.11 Å². The Hall–Kier alpha value is -0.860. The lowest BCUT2D eigenvalue weighted by atomic mass is 9.98. The highest BCUT2D eigenvalue weighted by Gasteiger charge is 2.23. The molecule has 1 N–H and O–H groups in total. The highest BCUT2D eigenvalue weighted by Crippen LogP contribution is 2.35. The second-order valence-corrected chi connectivity index (χ2v) is 5.26. The van der Waals surface area contributed by atoms with Gasteiger partial charge in [0.15, 0.2) is 0 Å². The van der Waals surface area contributed by atoms with Crippen LogP contribution in [-0.4, -0.2) is 5.11 Å². The summed E-state index contributed by atoms with van der Waals surface area (Å²) in [5.74, 6) is 0. The quantitative estimate of drug-likeness (QED) is 0.831. The van der Waals surface area contributed by atoms with Crippen LogP contribution in [0.1, 0.15) is 31.6 Å². The predicted molar refractivity (Wildman–Crippen MR) is 66.3 cm³/mol.